The molecule has 0 aliphatic heterocycles. The molecule has 1 aliphatic rings. The van der Waals surface area contributed by atoms with Crippen molar-refractivity contribution in [3.63, 3.8) is 0 Å². The van der Waals surface area contributed by atoms with Gasteiger partial charge in [0.1, 0.15) is 0 Å². The first-order valence-electron chi connectivity index (χ1n) is 8.54. The zero-order chi connectivity index (χ0) is 14.2. The van der Waals surface area contributed by atoms with Gasteiger partial charge >= 0.3 is 0 Å². The fourth-order valence-electron chi connectivity index (χ4n) is 3.44. The zero-order valence-electron chi connectivity index (χ0n) is 13.3. The summed E-state index contributed by atoms with van der Waals surface area (Å²) < 4.78 is 0. The minimum Gasteiger partial charge on any atom is -0.314 e. The van der Waals surface area contributed by atoms with E-state index in [1.54, 1.807) is 0 Å². The molecule has 0 bridgehead atoms. The van der Waals surface area contributed by atoms with Crippen molar-refractivity contribution in [3.8, 4) is 0 Å². The van der Waals surface area contributed by atoms with Crippen molar-refractivity contribution in [2.75, 3.05) is 6.54 Å². The van der Waals surface area contributed by atoms with Gasteiger partial charge < -0.3 is 5.32 Å². The average Bonchev–Trinajstić information content (AvgIpc) is 2.72. The molecular formula is C19H31N. The summed E-state index contributed by atoms with van der Waals surface area (Å²) in [6, 6.07) is 11.7. The maximum Gasteiger partial charge on any atom is 0.00226 e. The van der Waals surface area contributed by atoms with Crippen LogP contribution in [0.3, 0.4) is 0 Å². The topological polar surface area (TPSA) is 12.0 Å². The van der Waals surface area contributed by atoms with Gasteiger partial charge in [0.2, 0.25) is 0 Å². The molecule has 20 heavy (non-hydrogen) atoms. The Kier molecular flexibility index (Phi) is 6.59. The lowest BCUT2D eigenvalue weighted by Gasteiger charge is -2.24. The van der Waals surface area contributed by atoms with E-state index in [-0.39, 0.29) is 0 Å². The Balaban J connectivity index is 1.97. The molecular weight excluding hydrogens is 242 g/mol. The summed E-state index contributed by atoms with van der Waals surface area (Å²) in [5.74, 6) is 1.62. The quantitative estimate of drug-likeness (QED) is 0.709. The molecule has 1 aromatic carbocycles. The molecule has 2 rings (SSSR count). The van der Waals surface area contributed by atoms with Crippen molar-refractivity contribution < 1.29 is 0 Å². The second-order valence-corrected chi connectivity index (χ2v) is 6.76. The summed E-state index contributed by atoms with van der Waals surface area (Å²) in [5, 5.41) is 3.65. The molecule has 1 nitrogen and oxygen atoms in total. The lowest BCUT2D eigenvalue weighted by Crippen LogP contribution is -2.29. The smallest absolute Gasteiger partial charge is 0.00226 e. The largest absolute Gasteiger partial charge is 0.314 e. The van der Waals surface area contributed by atoms with Crippen LogP contribution in [0.15, 0.2) is 30.3 Å². The second-order valence-electron chi connectivity index (χ2n) is 6.76. The Labute approximate surface area is 125 Å². The third-order valence-electron chi connectivity index (χ3n) is 4.64. The van der Waals surface area contributed by atoms with Crippen LogP contribution in [-0.4, -0.2) is 12.6 Å². The number of rotatable bonds is 6. The SMILES string of the molecule is CC(C)NCC(CC1CCCCCC1)c1ccccc1. The summed E-state index contributed by atoms with van der Waals surface area (Å²) >= 11 is 0. The monoisotopic (exact) mass is 273 g/mol. The van der Waals surface area contributed by atoms with Crippen LogP contribution in [0.5, 0.6) is 0 Å². The van der Waals surface area contributed by atoms with E-state index in [4.69, 9.17) is 0 Å². The third-order valence-corrected chi connectivity index (χ3v) is 4.64. The first-order valence-corrected chi connectivity index (χ1v) is 8.54. The highest BCUT2D eigenvalue weighted by atomic mass is 14.9. The highest BCUT2D eigenvalue weighted by Gasteiger charge is 2.19. The van der Waals surface area contributed by atoms with Crippen molar-refractivity contribution in [2.45, 2.75) is 70.8 Å². The molecule has 0 radical (unpaired) electrons. The third kappa shape index (κ3) is 5.28. The predicted octanol–water partition coefficient (Wildman–Crippen LogP) is 5.13. The zero-order valence-corrected chi connectivity index (χ0v) is 13.3. The molecule has 1 N–H and O–H groups in total. The first-order chi connectivity index (χ1) is 9.75. The predicted molar refractivity (Wildman–Crippen MR) is 88.1 cm³/mol. The van der Waals surface area contributed by atoms with Crippen LogP contribution in [0.25, 0.3) is 0 Å². The van der Waals surface area contributed by atoms with E-state index in [1.807, 2.05) is 0 Å². The Hall–Kier alpha value is -0.820. The lowest BCUT2D eigenvalue weighted by atomic mass is 9.85. The standard InChI is InChI=1S/C19H31N/c1-16(2)20-15-19(18-12-8-5-9-13-18)14-17-10-6-3-4-7-11-17/h5,8-9,12-13,16-17,19-20H,3-4,6-7,10-11,14-15H2,1-2H3. The Morgan fingerprint density at radius 1 is 1.00 bits per heavy atom. The van der Waals surface area contributed by atoms with Gasteiger partial charge in [-0.1, -0.05) is 82.7 Å². The number of benzene rings is 1. The van der Waals surface area contributed by atoms with E-state index >= 15 is 0 Å². The van der Waals surface area contributed by atoms with Crippen molar-refractivity contribution in [1.82, 2.24) is 5.32 Å². The fraction of sp³-hybridized carbons (Fsp3) is 0.684. The van der Waals surface area contributed by atoms with Gasteiger partial charge in [0, 0.05) is 12.6 Å². The van der Waals surface area contributed by atoms with Crippen LogP contribution in [0.1, 0.15) is 70.3 Å². The maximum absolute atomic E-state index is 3.65. The molecule has 0 aromatic heterocycles. The molecule has 0 amide bonds. The normalized spacial score (nSPS) is 18.9. The summed E-state index contributed by atoms with van der Waals surface area (Å²) in [6.45, 7) is 5.61. The van der Waals surface area contributed by atoms with E-state index in [0.29, 0.717) is 12.0 Å². The van der Waals surface area contributed by atoms with E-state index in [2.05, 4.69) is 49.5 Å². The van der Waals surface area contributed by atoms with Crippen LogP contribution in [0.2, 0.25) is 0 Å². The summed E-state index contributed by atoms with van der Waals surface area (Å²) in [4.78, 5) is 0. The van der Waals surface area contributed by atoms with Gasteiger partial charge in [0.25, 0.3) is 0 Å². The Morgan fingerprint density at radius 2 is 1.65 bits per heavy atom. The molecule has 1 aromatic rings. The van der Waals surface area contributed by atoms with Gasteiger partial charge in [-0.2, -0.15) is 0 Å². The highest BCUT2D eigenvalue weighted by Crippen LogP contribution is 2.32. The minimum absolute atomic E-state index is 0.579. The summed E-state index contributed by atoms with van der Waals surface area (Å²) in [6.07, 6.45) is 10.1. The number of hydrogen-bond acceptors (Lipinski definition) is 1. The van der Waals surface area contributed by atoms with Crippen molar-refractivity contribution in [1.29, 1.82) is 0 Å². The Morgan fingerprint density at radius 3 is 2.25 bits per heavy atom. The van der Waals surface area contributed by atoms with Gasteiger partial charge in [-0.15, -0.1) is 0 Å². The van der Waals surface area contributed by atoms with Crippen LogP contribution in [0, 0.1) is 5.92 Å². The molecule has 0 spiro atoms. The summed E-state index contributed by atoms with van der Waals surface area (Å²) in [7, 11) is 0. The molecule has 1 heteroatoms. The van der Waals surface area contributed by atoms with E-state index in [9.17, 15) is 0 Å². The van der Waals surface area contributed by atoms with Crippen molar-refractivity contribution in [2.24, 2.45) is 5.92 Å². The summed E-state index contributed by atoms with van der Waals surface area (Å²) in [5.41, 5.74) is 1.52. The van der Waals surface area contributed by atoms with Gasteiger partial charge in [-0.3, -0.25) is 0 Å². The molecule has 1 saturated carbocycles. The minimum atomic E-state index is 0.579. The van der Waals surface area contributed by atoms with Crippen LogP contribution >= 0.6 is 0 Å². The first kappa shape index (κ1) is 15.6. The van der Waals surface area contributed by atoms with Crippen LogP contribution in [-0.2, 0) is 0 Å². The van der Waals surface area contributed by atoms with Crippen LogP contribution in [0.4, 0.5) is 0 Å². The average molecular weight is 273 g/mol. The lowest BCUT2D eigenvalue weighted by molar-refractivity contribution is 0.374. The molecule has 1 fully saturated rings. The number of nitrogens with one attached hydrogen (secondary N) is 1. The van der Waals surface area contributed by atoms with Crippen LogP contribution < -0.4 is 5.32 Å². The Bertz CT molecular complexity index is 349. The maximum atomic E-state index is 3.65. The molecule has 0 saturated heterocycles. The number of hydrogen-bond donors (Lipinski definition) is 1. The van der Waals surface area contributed by atoms with Gasteiger partial charge in [0.05, 0.1) is 0 Å². The van der Waals surface area contributed by atoms with Gasteiger partial charge in [-0.05, 0) is 23.8 Å². The van der Waals surface area contributed by atoms with E-state index in [0.717, 1.165) is 12.5 Å². The van der Waals surface area contributed by atoms with Crippen molar-refractivity contribution in [3.05, 3.63) is 35.9 Å². The van der Waals surface area contributed by atoms with E-state index < -0.39 is 0 Å². The highest BCUT2D eigenvalue weighted by molar-refractivity contribution is 5.20. The molecule has 0 heterocycles. The van der Waals surface area contributed by atoms with Crippen molar-refractivity contribution >= 4 is 0 Å². The molecule has 1 unspecified atom stereocenters. The molecule has 1 aliphatic carbocycles. The van der Waals surface area contributed by atoms with Gasteiger partial charge in [-0.25, -0.2) is 0 Å². The fourth-order valence-corrected chi connectivity index (χ4v) is 3.44. The van der Waals surface area contributed by atoms with E-state index in [1.165, 1.54) is 50.5 Å². The molecule has 112 valence electrons. The van der Waals surface area contributed by atoms with Gasteiger partial charge in [0.15, 0.2) is 0 Å². The molecule has 1 atom stereocenters. The second kappa shape index (κ2) is 8.46.